The molecule has 3 nitrogen and oxygen atoms in total. The van der Waals surface area contributed by atoms with Crippen LogP contribution in [0.25, 0.3) is 0 Å². The van der Waals surface area contributed by atoms with E-state index < -0.39 is 11.4 Å². The molecule has 74 valence electrons. The molecule has 3 heteroatoms. The first-order valence-electron chi connectivity index (χ1n) is 4.29. The Labute approximate surface area is 82.4 Å². The van der Waals surface area contributed by atoms with Crippen molar-refractivity contribution in [1.29, 1.82) is 0 Å². The van der Waals surface area contributed by atoms with E-state index in [1.165, 1.54) is 13.8 Å². The monoisotopic (exact) mass is 192 g/mol. The number of carboxylic acid groups (broad SMARTS) is 1. The number of rotatable bonds is 3. The van der Waals surface area contributed by atoms with E-state index in [0.29, 0.717) is 5.56 Å². The molecule has 0 amide bonds. The van der Waals surface area contributed by atoms with Crippen LogP contribution in [0.1, 0.15) is 24.2 Å². The van der Waals surface area contributed by atoms with Crippen molar-refractivity contribution in [1.82, 2.24) is 0 Å². The number of aliphatic carboxylic acids is 1. The topological polar surface area (TPSA) is 54.4 Å². The van der Waals surface area contributed by atoms with Gasteiger partial charge in [0.05, 0.1) is 0 Å². The molecule has 0 aromatic heterocycles. The van der Waals surface area contributed by atoms with Crippen LogP contribution in [0.4, 0.5) is 0 Å². The van der Waals surface area contributed by atoms with Gasteiger partial charge in [0.1, 0.15) is 5.41 Å². The van der Waals surface area contributed by atoms with Crippen molar-refractivity contribution >= 4 is 11.8 Å². The summed E-state index contributed by atoms with van der Waals surface area (Å²) < 4.78 is 0. The van der Waals surface area contributed by atoms with Crippen LogP contribution in [0.3, 0.4) is 0 Å². The first-order chi connectivity index (χ1) is 6.46. The number of hydrogen-bond donors (Lipinski definition) is 1. The number of hydrogen-bond acceptors (Lipinski definition) is 2. The van der Waals surface area contributed by atoms with Crippen LogP contribution in [0.15, 0.2) is 30.3 Å². The summed E-state index contributed by atoms with van der Waals surface area (Å²) in [7, 11) is 0. The standard InChI is InChI=1S/C11H12O3/c1-11(2,10(13)14)9(12)8-6-4-3-5-7-8/h3-7H,1-2H3,(H,13,14). The summed E-state index contributed by atoms with van der Waals surface area (Å²) in [6.45, 7) is 2.81. The normalized spacial score (nSPS) is 11.0. The Morgan fingerprint density at radius 1 is 1.14 bits per heavy atom. The molecule has 0 radical (unpaired) electrons. The number of carbonyl (C=O) groups excluding carboxylic acids is 1. The van der Waals surface area contributed by atoms with Gasteiger partial charge in [-0.05, 0) is 13.8 Å². The second kappa shape index (κ2) is 3.62. The molecule has 0 aliphatic heterocycles. The number of carbonyl (C=O) groups is 2. The summed E-state index contributed by atoms with van der Waals surface area (Å²) in [5.41, 5.74) is -0.929. The van der Waals surface area contributed by atoms with Gasteiger partial charge in [0.15, 0.2) is 5.78 Å². The molecular weight excluding hydrogens is 180 g/mol. The lowest BCUT2D eigenvalue weighted by molar-refractivity contribution is -0.144. The predicted molar refractivity (Wildman–Crippen MR) is 52.2 cm³/mol. The molecule has 0 spiro atoms. The smallest absolute Gasteiger partial charge is 0.316 e. The Bertz CT molecular complexity index is 352. The molecule has 0 unspecified atom stereocenters. The molecular formula is C11H12O3. The van der Waals surface area contributed by atoms with E-state index in [4.69, 9.17) is 5.11 Å². The minimum atomic E-state index is -1.36. The lowest BCUT2D eigenvalue weighted by Gasteiger charge is -2.17. The van der Waals surface area contributed by atoms with Gasteiger partial charge < -0.3 is 5.11 Å². The summed E-state index contributed by atoms with van der Waals surface area (Å²) in [5, 5.41) is 8.85. The average molecular weight is 192 g/mol. The lowest BCUT2D eigenvalue weighted by atomic mass is 9.84. The van der Waals surface area contributed by atoms with Gasteiger partial charge in [-0.2, -0.15) is 0 Å². The van der Waals surface area contributed by atoms with Crippen LogP contribution in [-0.2, 0) is 4.79 Å². The molecule has 0 aliphatic rings. The predicted octanol–water partition coefficient (Wildman–Crippen LogP) is 1.98. The highest BCUT2D eigenvalue weighted by molar-refractivity contribution is 6.11. The SMILES string of the molecule is CC(C)(C(=O)O)C(=O)c1ccccc1. The van der Waals surface area contributed by atoms with Crippen LogP contribution in [0.2, 0.25) is 0 Å². The van der Waals surface area contributed by atoms with Crippen LogP contribution in [0, 0.1) is 5.41 Å². The molecule has 0 heterocycles. The van der Waals surface area contributed by atoms with E-state index in [9.17, 15) is 9.59 Å². The molecule has 14 heavy (non-hydrogen) atoms. The zero-order valence-electron chi connectivity index (χ0n) is 8.15. The molecule has 1 rings (SSSR count). The van der Waals surface area contributed by atoms with Crippen molar-refractivity contribution in [2.75, 3.05) is 0 Å². The van der Waals surface area contributed by atoms with Gasteiger partial charge >= 0.3 is 5.97 Å². The van der Waals surface area contributed by atoms with E-state index in [0.717, 1.165) is 0 Å². The Morgan fingerprint density at radius 2 is 1.64 bits per heavy atom. The zero-order chi connectivity index (χ0) is 10.8. The summed E-state index contributed by atoms with van der Waals surface area (Å²) >= 11 is 0. The summed E-state index contributed by atoms with van der Waals surface area (Å²) in [4.78, 5) is 22.5. The van der Waals surface area contributed by atoms with Crippen molar-refractivity contribution in [3.63, 3.8) is 0 Å². The summed E-state index contributed by atoms with van der Waals surface area (Å²) in [5.74, 6) is -1.48. The second-order valence-electron chi connectivity index (χ2n) is 3.63. The molecule has 1 aromatic rings. The second-order valence-corrected chi connectivity index (χ2v) is 3.63. The molecule has 0 bridgehead atoms. The Kier molecular flexibility index (Phi) is 2.70. The Morgan fingerprint density at radius 3 is 2.07 bits per heavy atom. The molecule has 0 atom stereocenters. The molecule has 1 aromatic carbocycles. The third-order valence-electron chi connectivity index (χ3n) is 2.14. The fourth-order valence-electron chi connectivity index (χ4n) is 1.05. The maximum absolute atomic E-state index is 11.7. The first-order valence-corrected chi connectivity index (χ1v) is 4.29. The number of ketones is 1. The van der Waals surface area contributed by atoms with E-state index in [2.05, 4.69) is 0 Å². The van der Waals surface area contributed by atoms with Gasteiger partial charge in [-0.25, -0.2) is 0 Å². The van der Waals surface area contributed by atoms with E-state index in [1.54, 1.807) is 30.3 Å². The summed E-state index contributed by atoms with van der Waals surface area (Å²) in [6, 6.07) is 8.45. The molecule has 0 fully saturated rings. The van der Waals surface area contributed by atoms with Gasteiger partial charge in [0.25, 0.3) is 0 Å². The summed E-state index contributed by atoms with van der Waals surface area (Å²) in [6.07, 6.45) is 0. The number of Topliss-reactive ketones (excluding diaryl/α,β-unsaturated/α-hetero) is 1. The van der Waals surface area contributed by atoms with E-state index in [1.807, 2.05) is 0 Å². The van der Waals surface area contributed by atoms with Gasteiger partial charge in [0, 0.05) is 5.56 Å². The van der Waals surface area contributed by atoms with Gasteiger partial charge in [-0.15, -0.1) is 0 Å². The zero-order valence-corrected chi connectivity index (χ0v) is 8.15. The fraction of sp³-hybridized carbons (Fsp3) is 0.273. The van der Waals surface area contributed by atoms with Crippen molar-refractivity contribution in [2.45, 2.75) is 13.8 Å². The number of carboxylic acids is 1. The van der Waals surface area contributed by atoms with Crippen LogP contribution in [-0.4, -0.2) is 16.9 Å². The van der Waals surface area contributed by atoms with Gasteiger partial charge in [-0.3, -0.25) is 9.59 Å². The molecule has 1 N–H and O–H groups in total. The minimum Gasteiger partial charge on any atom is -0.481 e. The van der Waals surface area contributed by atoms with Gasteiger partial charge in [-0.1, -0.05) is 30.3 Å². The Balaban J connectivity index is 3.03. The van der Waals surface area contributed by atoms with Crippen molar-refractivity contribution in [2.24, 2.45) is 5.41 Å². The van der Waals surface area contributed by atoms with Crippen molar-refractivity contribution in [3.05, 3.63) is 35.9 Å². The minimum absolute atomic E-state index is 0.370. The quantitative estimate of drug-likeness (QED) is 0.588. The first kappa shape index (κ1) is 10.4. The van der Waals surface area contributed by atoms with Gasteiger partial charge in [0.2, 0.25) is 0 Å². The third kappa shape index (κ3) is 1.82. The third-order valence-corrected chi connectivity index (χ3v) is 2.14. The highest BCUT2D eigenvalue weighted by Gasteiger charge is 2.36. The highest BCUT2D eigenvalue weighted by atomic mass is 16.4. The molecule has 0 saturated heterocycles. The highest BCUT2D eigenvalue weighted by Crippen LogP contribution is 2.21. The van der Waals surface area contributed by atoms with Crippen LogP contribution < -0.4 is 0 Å². The fourth-order valence-corrected chi connectivity index (χ4v) is 1.05. The van der Waals surface area contributed by atoms with Crippen LogP contribution >= 0.6 is 0 Å². The van der Waals surface area contributed by atoms with Crippen molar-refractivity contribution < 1.29 is 14.7 Å². The maximum Gasteiger partial charge on any atom is 0.316 e. The molecule has 0 saturated carbocycles. The van der Waals surface area contributed by atoms with E-state index >= 15 is 0 Å². The van der Waals surface area contributed by atoms with E-state index in [-0.39, 0.29) is 5.78 Å². The lowest BCUT2D eigenvalue weighted by Crippen LogP contribution is -2.33. The molecule has 0 aliphatic carbocycles. The van der Waals surface area contributed by atoms with Crippen LogP contribution in [0.5, 0.6) is 0 Å². The largest absolute Gasteiger partial charge is 0.481 e. The Hall–Kier alpha value is -1.64. The maximum atomic E-state index is 11.7. The number of benzene rings is 1. The van der Waals surface area contributed by atoms with Crippen molar-refractivity contribution in [3.8, 4) is 0 Å². The average Bonchev–Trinajstić information content (AvgIpc) is 2.17.